The minimum Gasteiger partial charge on any atom is -0.399 e. The summed E-state index contributed by atoms with van der Waals surface area (Å²) < 4.78 is 0. The Morgan fingerprint density at radius 1 is 0.947 bits per heavy atom. The summed E-state index contributed by atoms with van der Waals surface area (Å²) in [6.45, 7) is 0. The van der Waals surface area contributed by atoms with Gasteiger partial charge in [0.05, 0.1) is 11.2 Å². The largest absolute Gasteiger partial charge is 0.399 e. The average molecular weight is 271 g/mol. The molecule has 3 aromatic rings. The molecule has 0 radical (unpaired) electrons. The molecular weight excluding hydrogens is 260 g/mol. The Hall–Kier alpha value is -2.33. The second kappa shape index (κ2) is 4.40. The monoisotopic (exact) mass is 270 g/mol. The van der Waals surface area contributed by atoms with E-state index in [0.717, 1.165) is 22.2 Å². The highest BCUT2D eigenvalue weighted by Crippen LogP contribution is 2.29. The van der Waals surface area contributed by atoms with Crippen molar-refractivity contribution in [1.82, 2.24) is 9.97 Å². The Bertz CT molecular complexity index is 770. The maximum atomic E-state index is 6.04. The van der Waals surface area contributed by atoms with Crippen molar-refractivity contribution < 1.29 is 0 Å². The molecule has 1 aromatic heterocycles. The zero-order valence-corrected chi connectivity index (χ0v) is 10.7. The van der Waals surface area contributed by atoms with Crippen molar-refractivity contribution in [3.8, 4) is 11.3 Å². The minimum absolute atomic E-state index is 0.229. The fourth-order valence-electron chi connectivity index (χ4n) is 2.02. The standard InChI is InChI=1S/C14H11ClN4/c15-9-4-5-12-11(7-9)13(19-14(17)18-12)8-2-1-3-10(16)6-8/h1-7H,16H2,(H2,17,18,19). The van der Waals surface area contributed by atoms with E-state index in [0.29, 0.717) is 10.7 Å². The SMILES string of the molecule is Nc1cccc(-c2nc(N)nc3ccc(Cl)cc23)c1. The third-order valence-corrected chi connectivity index (χ3v) is 3.07. The quantitative estimate of drug-likeness (QED) is 0.666. The molecule has 0 amide bonds. The number of nitrogens with two attached hydrogens (primary N) is 2. The fraction of sp³-hybridized carbons (Fsp3) is 0. The number of hydrogen-bond donors (Lipinski definition) is 2. The molecule has 0 fully saturated rings. The van der Waals surface area contributed by atoms with E-state index in [1.165, 1.54) is 0 Å². The van der Waals surface area contributed by atoms with Crippen LogP contribution >= 0.6 is 11.6 Å². The molecule has 4 nitrogen and oxygen atoms in total. The molecule has 0 atom stereocenters. The Morgan fingerprint density at radius 2 is 1.79 bits per heavy atom. The maximum absolute atomic E-state index is 6.04. The molecule has 0 saturated heterocycles. The lowest BCUT2D eigenvalue weighted by atomic mass is 10.1. The van der Waals surface area contributed by atoms with Crippen LogP contribution in [0.3, 0.4) is 0 Å². The summed E-state index contributed by atoms with van der Waals surface area (Å²) in [6, 6.07) is 12.9. The summed E-state index contributed by atoms with van der Waals surface area (Å²) in [6.07, 6.45) is 0. The molecule has 0 aliphatic heterocycles. The summed E-state index contributed by atoms with van der Waals surface area (Å²) >= 11 is 6.04. The van der Waals surface area contributed by atoms with Gasteiger partial charge in [-0.25, -0.2) is 9.97 Å². The molecule has 0 unspecified atom stereocenters. The first-order chi connectivity index (χ1) is 9.13. The van der Waals surface area contributed by atoms with Gasteiger partial charge in [-0.05, 0) is 30.3 Å². The molecule has 4 N–H and O–H groups in total. The number of nitrogen functional groups attached to an aromatic ring is 2. The number of rotatable bonds is 1. The van der Waals surface area contributed by atoms with Gasteiger partial charge in [0.2, 0.25) is 5.95 Å². The van der Waals surface area contributed by atoms with Gasteiger partial charge in [0.1, 0.15) is 0 Å². The molecule has 2 aromatic carbocycles. The van der Waals surface area contributed by atoms with Gasteiger partial charge in [-0.15, -0.1) is 0 Å². The molecule has 5 heteroatoms. The van der Waals surface area contributed by atoms with Gasteiger partial charge in [-0.1, -0.05) is 23.7 Å². The zero-order chi connectivity index (χ0) is 13.4. The predicted octanol–water partition coefficient (Wildman–Crippen LogP) is 3.11. The van der Waals surface area contributed by atoms with Crippen molar-refractivity contribution in [2.45, 2.75) is 0 Å². The van der Waals surface area contributed by atoms with Gasteiger partial charge in [0, 0.05) is 21.7 Å². The van der Waals surface area contributed by atoms with E-state index in [9.17, 15) is 0 Å². The van der Waals surface area contributed by atoms with E-state index in [4.69, 9.17) is 23.1 Å². The smallest absolute Gasteiger partial charge is 0.221 e. The Labute approximate surface area is 115 Å². The van der Waals surface area contributed by atoms with Crippen LogP contribution < -0.4 is 11.5 Å². The summed E-state index contributed by atoms with van der Waals surface area (Å²) in [7, 11) is 0. The highest BCUT2D eigenvalue weighted by molar-refractivity contribution is 6.31. The van der Waals surface area contributed by atoms with Crippen molar-refractivity contribution in [3.63, 3.8) is 0 Å². The van der Waals surface area contributed by atoms with Crippen LogP contribution in [0.4, 0.5) is 11.6 Å². The van der Waals surface area contributed by atoms with Gasteiger partial charge >= 0.3 is 0 Å². The lowest BCUT2D eigenvalue weighted by Gasteiger charge is -2.08. The van der Waals surface area contributed by atoms with Gasteiger partial charge in [-0.2, -0.15) is 0 Å². The Morgan fingerprint density at radius 3 is 2.58 bits per heavy atom. The molecule has 94 valence electrons. The van der Waals surface area contributed by atoms with E-state index < -0.39 is 0 Å². The van der Waals surface area contributed by atoms with E-state index >= 15 is 0 Å². The molecular formula is C14H11ClN4. The summed E-state index contributed by atoms with van der Waals surface area (Å²) in [5.41, 5.74) is 14.6. The van der Waals surface area contributed by atoms with E-state index in [1.807, 2.05) is 36.4 Å². The van der Waals surface area contributed by atoms with Crippen LogP contribution in [-0.2, 0) is 0 Å². The minimum atomic E-state index is 0.229. The van der Waals surface area contributed by atoms with E-state index in [2.05, 4.69) is 9.97 Å². The van der Waals surface area contributed by atoms with Gasteiger partial charge in [-0.3, -0.25) is 0 Å². The van der Waals surface area contributed by atoms with E-state index in [1.54, 1.807) is 6.07 Å². The van der Waals surface area contributed by atoms with Gasteiger partial charge in [0.25, 0.3) is 0 Å². The van der Waals surface area contributed by atoms with Gasteiger partial charge < -0.3 is 11.5 Å². The molecule has 0 aliphatic rings. The zero-order valence-electron chi connectivity index (χ0n) is 9.97. The number of hydrogen-bond acceptors (Lipinski definition) is 4. The van der Waals surface area contributed by atoms with E-state index in [-0.39, 0.29) is 5.95 Å². The van der Waals surface area contributed by atoms with Crippen LogP contribution in [0.1, 0.15) is 0 Å². The molecule has 0 saturated carbocycles. The second-order valence-electron chi connectivity index (χ2n) is 4.22. The first-order valence-electron chi connectivity index (χ1n) is 5.72. The van der Waals surface area contributed by atoms with Crippen LogP contribution in [0.5, 0.6) is 0 Å². The number of aromatic nitrogens is 2. The van der Waals surface area contributed by atoms with Crippen molar-refractivity contribution >= 4 is 34.1 Å². The third kappa shape index (κ3) is 2.18. The third-order valence-electron chi connectivity index (χ3n) is 2.84. The Kier molecular flexibility index (Phi) is 2.72. The van der Waals surface area contributed by atoms with Crippen molar-refractivity contribution in [3.05, 3.63) is 47.5 Å². The van der Waals surface area contributed by atoms with Crippen LogP contribution in [-0.4, -0.2) is 9.97 Å². The molecule has 3 rings (SSSR count). The van der Waals surface area contributed by atoms with Crippen molar-refractivity contribution in [2.24, 2.45) is 0 Å². The summed E-state index contributed by atoms with van der Waals surface area (Å²) in [4.78, 5) is 8.51. The molecule has 0 bridgehead atoms. The van der Waals surface area contributed by atoms with Crippen LogP contribution in [0.2, 0.25) is 5.02 Å². The lowest BCUT2D eigenvalue weighted by Crippen LogP contribution is -1.98. The van der Waals surface area contributed by atoms with Crippen LogP contribution in [0, 0.1) is 0 Å². The first kappa shape index (κ1) is 11.7. The second-order valence-corrected chi connectivity index (χ2v) is 4.65. The topological polar surface area (TPSA) is 77.8 Å². The number of halogens is 1. The van der Waals surface area contributed by atoms with Crippen LogP contribution in [0.25, 0.3) is 22.2 Å². The number of anilines is 2. The average Bonchev–Trinajstić information content (AvgIpc) is 2.38. The van der Waals surface area contributed by atoms with Gasteiger partial charge in [0.15, 0.2) is 0 Å². The summed E-state index contributed by atoms with van der Waals surface area (Å²) in [5, 5.41) is 1.48. The first-order valence-corrected chi connectivity index (χ1v) is 6.10. The predicted molar refractivity (Wildman–Crippen MR) is 78.8 cm³/mol. The van der Waals surface area contributed by atoms with Crippen LogP contribution in [0.15, 0.2) is 42.5 Å². The highest BCUT2D eigenvalue weighted by atomic mass is 35.5. The molecule has 19 heavy (non-hydrogen) atoms. The molecule has 0 spiro atoms. The fourth-order valence-corrected chi connectivity index (χ4v) is 2.20. The number of fused-ring (bicyclic) bond motifs is 1. The molecule has 0 aliphatic carbocycles. The molecule has 1 heterocycles. The number of benzene rings is 2. The lowest BCUT2D eigenvalue weighted by molar-refractivity contribution is 1.24. The normalized spacial score (nSPS) is 10.8. The highest BCUT2D eigenvalue weighted by Gasteiger charge is 2.09. The maximum Gasteiger partial charge on any atom is 0.221 e. The Balaban J connectivity index is 2.36. The van der Waals surface area contributed by atoms with Crippen molar-refractivity contribution in [1.29, 1.82) is 0 Å². The van der Waals surface area contributed by atoms with Crippen molar-refractivity contribution in [2.75, 3.05) is 11.5 Å². The summed E-state index contributed by atoms with van der Waals surface area (Å²) in [5.74, 6) is 0.229. The number of nitrogens with zero attached hydrogens (tertiary/aromatic N) is 2.